The van der Waals surface area contributed by atoms with Crippen LogP contribution in [0.15, 0.2) is 109 Å². The van der Waals surface area contributed by atoms with Gasteiger partial charge in [0.2, 0.25) is 0 Å². The van der Waals surface area contributed by atoms with E-state index >= 15 is 0 Å². The van der Waals surface area contributed by atoms with Crippen molar-refractivity contribution in [2.75, 3.05) is 11.5 Å². The number of carbonyl (C=O) groups is 2. The molecule has 6 heteroatoms. The average Bonchev–Trinajstić information content (AvgIpc) is 3.26. The van der Waals surface area contributed by atoms with Crippen LogP contribution in [0.3, 0.4) is 0 Å². The number of nitrogens with zero attached hydrogens (tertiary/aromatic N) is 1. The lowest BCUT2D eigenvalue weighted by molar-refractivity contribution is -0.132. The number of anilines is 1. The highest BCUT2D eigenvalue weighted by Crippen LogP contribution is 2.43. The lowest BCUT2D eigenvalue weighted by atomic mass is 9.94. The van der Waals surface area contributed by atoms with Crippen molar-refractivity contribution in [3.8, 4) is 17.2 Å². The predicted octanol–water partition coefficient (Wildman–Crippen LogP) is 7.98. The molecule has 0 saturated carbocycles. The smallest absolute Gasteiger partial charge is 0.300 e. The van der Waals surface area contributed by atoms with E-state index in [9.17, 15) is 14.7 Å². The van der Waals surface area contributed by atoms with Crippen LogP contribution < -0.4 is 14.4 Å². The van der Waals surface area contributed by atoms with E-state index < -0.39 is 17.7 Å². The molecule has 6 nitrogen and oxygen atoms in total. The summed E-state index contributed by atoms with van der Waals surface area (Å²) >= 11 is 0. The van der Waals surface area contributed by atoms with Gasteiger partial charge in [-0.2, -0.15) is 0 Å². The minimum atomic E-state index is -0.805. The van der Waals surface area contributed by atoms with Crippen LogP contribution >= 0.6 is 0 Å². The van der Waals surface area contributed by atoms with E-state index in [0.29, 0.717) is 35.1 Å². The summed E-state index contributed by atoms with van der Waals surface area (Å²) in [6, 6.07) is 30.2. The number of aryl methyl sites for hydroxylation is 1. The van der Waals surface area contributed by atoms with E-state index in [2.05, 4.69) is 6.92 Å². The number of Topliss-reactive ketones (excluding diaryl/α,β-unsaturated/α-hetero) is 1. The number of hydrogen-bond acceptors (Lipinski definition) is 5. The van der Waals surface area contributed by atoms with E-state index in [1.54, 1.807) is 48.5 Å². The van der Waals surface area contributed by atoms with Crippen LogP contribution in [0.2, 0.25) is 0 Å². The third kappa shape index (κ3) is 6.17. The normalized spacial score (nSPS) is 16.1. The molecule has 4 aromatic carbocycles. The maximum absolute atomic E-state index is 13.5. The van der Waals surface area contributed by atoms with Crippen molar-refractivity contribution in [2.45, 2.75) is 39.2 Å². The zero-order valence-electron chi connectivity index (χ0n) is 23.2. The van der Waals surface area contributed by atoms with Crippen molar-refractivity contribution >= 4 is 23.1 Å². The zero-order valence-corrected chi connectivity index (χ0v) is 23.2. The van der Waals surface area contributed by atoms with Crippen LogP contribution in [0.25, 0.3) is 5.76 Å². The Morgan fingerprint density at radius 3 is 2.17 bits per heavy atom. The summed E-state index contributed by atoms with van der Waals surface area (Å²) < 4.78 is 11.7. The number of benzene rings is 4. The highest BCUT2D eigenvalue weighted by molar-refractivity contribution is 6.51. The molecular weight excluding hydrogens is 514 g/mol. The molecule has 0 spiro atoms. The minimum absolute atomic E-state index is 0.0434. The van der Waals surface area contributed by atoms with Crippen molar-refractivity contribution < 1.29 is 24.2 Å². The van der Waals surface area contributed by atoms with Gasteiger partial charge in [0.25, 0.3) is 11.7 Å². The van der Waals surface area contributed by atoms with E-state index in [-0.39, 0.29) is 11.3 Å². The van der Waals surface area contributed by atoms with E-state index in [1.165, 1.54) is 4.90 Å². The van der Waals surface area contributed by atoms with Crippen molar-refractivity contribution in [3.05, 3.63) is 125 Å². The standard InChI is InChI=1S/C35H33NO5/c1-3-4-8-22-40-28-18-14-25(15-19-28)33(37)31-32(26-11-9-10-24(2)23-26)36(35(39)34(31)38)27-16-20-30(21-17-27)41-29-12-6-5-7-13-29/h5-7,9-21,23,32,37H,3-4,8,22H2,1-2H3/b33-31-. The van der Waals surface area contributed by atoms with Gasteiger partial charge in [-0.15, -0.1) is 0 Å². The maximum atomic E-state index is 13.5. The molecule has 1 fully saturated rings. The molecule has 1 aliphatic rings. The number of para-hydroxylation sites is 1. The van der Waals surface area contributed by atoms with Gasteiger partial charge >= 0.3 is 0 Å². The van der Waals surface area contributed by atoms with Crippen molar-refractivity contribution in [1.29, 1.82) is 0 Å². The topological polar surface area (TPSA) is 76.1 Å². The number of rotatable bonds is 10. The highest BCUT2D eigenvalue weighted by Gasteiger charge is 2.47. The molecule has 41 heavy (non-hydrogen) atoms. The van der Waals surface area contributed by atoms with Crippen LogP contribution in [-0.4, -0.2) is 23.4 Å². The largest absolute Gasteiger partial charge is 0.507 e. The Morgan fingerprint density at radius 1 is 0.805 bits per heavy atom. The molecule has 1 atom stereocenters. The van der Waals surface area contributed by atoms with E-state index in [0.717, 1.165) is 30.4 Å². The number of ether oxygens (including phenoxy) is 2. The summed E-state index contributed by atoms with van der Waals surface area (Å²) in [7, 11) is 0. The van der Waals surface area contributed by atoms with Gasteiger partial charge in [-0.05, 0) is 79.6 Å². The monoisotopic (exact) mass is 547 g/mol. The number of carbonyl (C=O) groups excluding carboxylic acids is 2. The van der Waals surface area contributed by atoms with Gasteiger partial charge in [0, 0.05) is 11.3 Å². The molecule has 0 radical (unpaired) electrons. The van der Waals surface area contributed by atoms with E-state index in [4.69, 9.17) is 9.47 Å². The average molecular weight is 548 g/mol. The van der Waals surface area contributed by atoms with Crippen LogP contribution in [0.1, 0.15) is 48.9 Å². The quantitative estimate of drug-likeness (QED) is 0.0943. The summed E-state index contributed by atoms with van der Waals surface area (Å²) in [5.41, 5.74) is 2.71. The molecule has 0 aliphatic carbocycles. The molecule has 0 bridgehead atoms. The van der Waals surface area contributed by atoms with Crippen molar-refractivity contribution in [2.24, 2.45) is 0 Å². The Bertz CT molecular complexity index is 1540. The van der Waals surface area contributed by atoms with Crippen molar-refractivity contribution in [3.63, 3.8) is 0 Å². The SMILES string of the molecule is CCCCCOc1ccc(/C(O)=C2/C(=O)C(=O)N(c3ccc(Oc4ccccc4)cc3)C2c2cccc(C)c2)cc1. The lowest BCUT2D eigenvalue weighted by Gasteiger charge is -2.26. The zero-order chi connectivity index (χ0) is 28.8. The van der Waals surface area contributed by atoms with Crippen LogP contribution in [0.5, 0.6) is 17.2 Å². The second-order valence-electron chi connectivity index (χ2n) is 10.1. The molecule has 208 valence electrons. The molecule has 1 N–H and O–H groups in total. The third-order valence-corrected chi connectivity index (χ3v) is 7.04. The Morgan fingerprint density at radius 2 is 1.49 bits per heavy atom. The number of ketones is 1. The first kappa shape index (κ1) is 27.7. The first-order chi connectivity index (χ1) is 20.0. The van der Waals surface area contributed by atoms with Crippen molar-refractivity contribution in [1.82, 2.24) is 0 Å². The fourth-order valence-electron chi connectivity index (χ4n) is 4.96. The van der Waals surface area contributed by atoms with Gasteiger partial charge in [0.15, 0.2) is 0 Å². The third-order valence-electron chi connectivity index (χ3n) is 7.04. The fourth-order valence-corrected chi connectivity index (χ4v) is 4.96. The first-order valence-corrected chi connectivity index (χ1v) is 13.9. The number of unbranched alkanes of at least 4 members (excludes halogenated alkanes) is 2. The Kier molecular flexibility index (Phi) is 8.49. The number of aliphatic hydroxyl groups excluding tert-OH is 1. The van der Waals surface area contributed by atoms with Gasteiger partial charge in [0.05, 0.1) is 18.2 Å². The number of hydrogen-bond donors (Lipinski definition) is 1. The maximum Gasteiger partial charge on any atom is 0.300 e. The second-order valence-corrected chi connectivity index (χ2v) is 10.1. The van der Waals surface area contributed by atoms with Crippen LogP contribution in [0, 0.1) is 6.92 Å². The Labute approximate surface area is 240 Å². The first-order valence-electron chi connectivity index (χ1n) is 13.9. The van der Waals surface area contributed by atoms with Crippen LogP contribution in [0.4, 0.5) is 5.69 Å². The fraction of sp³-hybridized carbons (Fsp3) is 0.200. The van der Waals surface area contributed by atoms with Gasteiger partial charge in [0.1, 0.15) is 23.0 Å². The molecule has 0 aromatic heterocycles. The number of aliphatic hydroxyl groups is 1. The molecular formula is C35H33NO5. The van der Waals surface area contributed by atoms with Gasteiger partial charge in [-0.25, -0.2) is 0 Å². The summed E-state index contributed by atoms with van der Waals surface area (Å²) in [6.45, 7) is 4.71. The molecule has 1 saturated heterocycles. The van der Waals surface area contributed by atoms with Crippen LogP contribution in [-0.2, 0) is 9.59 Å². The predicted molar refractivity (Wildman–Crippen MR) is 160 cm³/mol. The molecule has 4 aromatic rings. The summed E-state index contributed by atoms with van der Waals surface area (Å²) in [5.74, 6) is 0.313. The Hall–Kier alpha value is -4.84. The molecule has 1 amide bonds. The molecule has 1 unspecified atom stereocenters. The second kappa shape index (κ2) is 12.6. The lowest BCUT2D eigenvalue weighted by Crippen LogP contribution is -2.29. The molecule has 5 rings (SSSR count). The van der Waals surface area contributed by atoms with Gasteiger partial charge < -0.3 is 14.6 Å². The molecule has 1 aliphatic heterocycles. The van der Waals surface area contributed by atoms with Gasteiger partial charge in [-0.3, -0.25) is 14.5 Å². The summed E-state index contributed by atoms with van der Waals surface area (Å²) in [6.07, 6.45) is 3.18. The minimum Gasteiger partial charge on any atom is -0.507 e. The number of amides is 1. The Balaban J connectivity index is 1.49. The molecule has 1 heterocycles. The van der Waals surface area contributed by atoms with Gasteiger partial charge in [-0.1, -0.05) is 67.8 Å². The highest BCUT2D eigenvalue weighted by atomic mass is 16.5. The van der Waals surface area contributed by atoms with E-state index in [1.807, 2.05) is 61.5 Å². The summed E-state index contributed by atoms with van der Waals surface area (Å²) in [4.78, 5) is 28.4. The summed E-state index contributed by atoms with van der Waals surface area (Å²) in [5, 5.41) is 11.4.